The second kappa shape index (κ2) is 5.75. The maximum absolute atomic E-state index is 12.2. The quantitative estimate of drug-likeness (QED) is 0.886. The molecule has 0 saturated heterocycles. The van der Waals surface area contributed by atoms with E-state index in [0.717, 1.165) is 30.4 Å². The topological polar surface area (TPSA) is 72.2 Å². The van der Waals surface area contributed by atoms with Crippen LogP contribution in [0.5, 0.6) is 0 Å². The van der Waals surface area contributed by atoms with E-state index < -0.39 is 5.54 Å². The van der Waals surface area contributed by atoms with Gasteiger partial charge >= 0.3 is 0 Å². The van der Waals surface area contributed by atoms with Crippen LogP contribution in [-0.2, 0) is 11.2 Å². The average molecular weight is 274 g/mol. The van der Waals surface area contributed by atoms with Gasteiger partial charge in [0.05, 0.1) is 5.54 Å². The molecule has 1 aliphatic rings. The lowest BCUT2D eigenvalue weighted by atomic mass is 9.90. The first-order valence-corrected chi connectivity index (χ1v) is 7.20. The van der Waals surface area contributed by atoms with Gasteiger partial charge in [0.25, 0.3) is 0 Å². The Kier molecular flexibility index (Phi) is 4.23. The molecule has 0 heterocycles. The van der Waals surface area contributed by atoms with Crippen molar-refractivity contribution < 1.29 is 9.59 Å². The van der Waals surface area contributed by atoms with Gasteiger partial charge < -0.3 is 11.1 Å². The van der Waals surface area contributed by atoms with Crippen molar-refractivity contribution in [3.8, 4) is 0 Å². The van der Waals surface area contributed by atoms with Gasteiger partial charge in [-0.25, -0.2) is 0 Å². The zero-order valence-electron chi connectivity index (χ0n) is 12.2. The fourth-order valence-electron chi connectivity index (χ4n) is 2.61. The first-order valence-electron chi connectivity index (χ1n) is 7.20. The summed E-state index contributed by atoms with van der Waals surface area (Å²) in [4.78, 5) is 24.0. The third-order valence-electron chi connectivity index (χ3n) is 3.81. The summed E-state index contributed by atoms with van der Waals surface area (Å²) in [6.07, 6.45) is 3.91. The fraction of sp³-hybridized carbons (Fsp3) is 0.500. The van der Waals surface area contributed by atoms with Crippen molar-refractivity contribution in [3.05, 3.63) is 29.3 Å². The first kappa shape index (κ1) is 14.7. The molecule has 0 aromatic heterocycles. The van der Waals surface area contributed by atoms with Crippen LogP contribution in [0.2, 0.25) is 0 Å². The maximum Gasteiger partial charge on any atom is 0.244 e. The monoisotopic (exact) mass is 274 g/mol. The van der Waals surface area contributed by atoms with Crippen molar-refractivity contribution in [2.75, 3.05) is 5.32 Å². The molecule has 0 bridgehead atoms. The van der Waals surface area contributed by atoms with Crippen LogP contribution in [0.1, 0.15) is 55.5 Å². The van der Waals surface area contributed by atoms with E-state index in [4.69, 9.17) is 5.73 Å². The molecule has 4 nitrogen and oxygen atoms in total. The molecule has 0 aliphatic heterocycles. The smallest absolute Gasteiger partial charge is 0.244 e. The van der Waals surface area contributed by atoms with Gasteiger partial charge in [0, 0.05) is 17.7 Å². The van der Waals surface area contributed by atoms with Crippen LogP contribution in [0.15, 0.2) is 18.2 Å². The molecule has 1 aromatic rings. The highest BCUT2D eigenvalue weighted by molar-refractivity contribution is 6.02. The van der Waals surface area contributed by atoms with E-state index in [1.54, 1.807) is 13.0 Å². The number of Topliss-reactive ketones (excluding diaryl/α,β-unsaturated/α-hetero) is 1. The Morgan fingerprint density at radius 3 is 2.85 bits per heavy atom. The van der Waals surface area contributed by atoms with Crippen LogP contribution in [0.3, 0.4) is 0 Å². The Bertz CT molecular complexity index is 535. The van der Waals surface area contributed by atoms with E-state index in [1.807, 2.05) is 19.1 Å². The second-order valence-corrected chi connectivity index (χ2v) is 5.77. The lowest BCUT2D eigenvalue weighted by Crippen LogP contribution is -2.48. The highest BCUT2D eigenvalue weighted by Gasteiger charge is 2.27. The summed E-state index contributed by atoms with van der Waals surface area (Å²) in [6.45, 7) is 3.73. The molecule has 4 heteroatoms. The van der Waals surface area contributed by atoms with Crippen LogP contribution in [0, 0.1) is 0 Å². The minimum Gasteiger partial charge on any atom is -0.324 e. The van der Waals surface area contributed by atoms with Crippen molar-refractivity contribution in [3.63, 3.8) is 0 Å². The Labute approximate surface area is 119 Å². The van der Waals surface area contributed by atoms with Gasteiger partial charge in [-0.2, -0.15) is 0 Å². The van der Waals surface area contributed by atoms with Crippen LogP contribution >= 0.6 is 0 Å². The first-order chi connectivity index (χ1) is 9.44. The van der Waals surface area contributed by atoms with Gasteiger partial charge in [0.2, 0.25) is 5.91 Å². The summed E-state index contributed by atoms with van der Waals surface area (Å²) in [5.74, 6) is -0.0472. The number of ketones is 1. The van der Waals surface area contributed by atoms with E-state index in [2.05, 4.69) is 5.32 Å². The molecule has 1 aliphatic carbocycles. The number of amides is 1. The SMILES string of the molecule is CCCC(C)(N)C(=O)Nc1ccc2c(c1)C(=O)CCC2. The van der Waals surface area contributed by atoms with Gasteiger partial charge in [-0.3, -0.25) is 9.59 Å². The molecular weight excluding hydrogens is 252 g/mol. The van der Waals surface area contributed by atoms with Crippen LogP contribution in [-0.4, -0.2) is 17.2 Å². The number of fused-ring (bicyclic) bond motifs is 1. The molecule has 108 valence electrons. The van der Waals surface area contributed by atoms with Gasteiger partial charge in [-0.15, -0.1) is 0 Å². The highest BCUT2D eigenvalue weighted by atomic mass is 16.2. The van der Waals surface area contributed by atoms with Crippen LogP contribution < -0.4 is 11.1 Å². The van der Waals surface area contributed by atoms with Gasteiger partial charge in [0.1, 0.15) is 0 Å². The third-order valence-corrected chi connectivity index (χ3v) is 3.81. The molecule has 20 heavy (non-hydrogen) atoms. The Hall–Kier alpha value is -1.68. The number of rotatable bonds is 4. The largest absolute Gasteiger partial charge is 0.324 e. The molecule has 1 atom stereocenters. The van der Waals surface area contributed by atoms with Crippen molar-refractivity contribution in [2.24, 2.45) is 5.73 Å². The predicted molar refractivity (Wildman–Crippen MR) is 79.8 cm³/mol. The Balaban J connectivity index is 2.17. The summed E-state index contributed by atoms with van der Waals surface area (Å²) in [5.41, 5.74) is 7.59. The number of hydrogen-bond acceptors (Lipinski definition) is 3. The summed E-state index contributed by atoms with van der Waals surface area (Å²) < 4.78 is 0. The summed E-state index contributed by atoms with van der Waals surface area (Å²) in [5, 5.41) is 2.82. The van der Waals surface area contributed by atoms with E-state index in [-0.39, 0.29) is 11.7 Å². The van der Waals surface area contributed by atoms with Gasteiger partial charge in [-0.05, 0) is 43.9 Å². The van der Waals surface area contributed by atoms with Gasteiger partial charge in [-0.1, -0.05) is 19.4 Å². The molecule has 0 saturated carbocycles. The summed E-state index contributed by atoms with van der Waals surface area (Å²) in [7, 11) is 0. The molecule has 0 fully saturated rings. The maximum atomic E-state index is 12.2. The van der Waals surface area contributed by atoms with Crippen LogP contribution in [0.25, 0.3) is 0 Å². The van der Waals surface area contributed by atoms with E-state index >= 15 is 0 Å². The molecule has 1 aromatic carbocycles. The van der Waals surface area contributed by atoms with Crippen molar-refractivity contribution >= 4 is 17.4 Å². The molecule has 1 amide bonds. The number of nitrogens with one attached hydrogen (secondary N) is 1. The molecule has 2 rings (SSSR count). The standard InChI is InChI=1S/C16H22N2O2/c1-3-9-16(2,17)15(20)18-12-8-7-11-5-4-6-14(19)13(11)10-12/h7-8,10H,3-6,9,17H2,1-2H3,(H,18,20). The lowest BCUT2D eigenvalue weighted by molar-refractivity contribution is -0.120. The number of hydrogen-bond donors (Lipinski definition) is 2. The number of carbonyl (C=O) groups is 2. The molecule has 0 radical (unpaired) electrons. The number of carbonyl (C=O) groups excluding carboxylic acids is 2. The zero-order chi connectivity index (χ0) is 14.8. The minimum absolute atomic E-state index is 0.159. The normalized spacial score (nSPS) is 17.2. The molecular formula is C16H22N2O2. The van der Waals surface area contributed by atoms with Crippen molar-refractivity contribution in [2.45, 2.75) is 51.5 Å². The summed E-state index contributed by atoms with van der Waals surface area (Å²) >= 11 is 0. The minimum atomic E-state index is -0.880. The Morgan fingerprint density at radius 2 is 2.15 bits per heavy atom. The second-order valence-electron chi connectivity index (χ2n) is 5.77. The van der Waals surface area contributed by atoms with Crippen molar-refractivity contribution in [1.29, 1.82) is 0 Å². The average Bonchev–Trinajstić information content (AvgIpc) is 2.39. The van der Waals surface area contributed by atoms with E-state index in [9.17, 15) is 9.59 Å². The molecule has 0 spiro atoms. The molecule has 1 unspecified atom stereocenters. The van der Waals surface area contributed by atoms with Crippen LogP contribution in [0.4, 0.5) is 5.69 Å². The zero-order valence-corrected chi connectivity index (χ0v) is 12.2. The number of benzene rings is 1. The lowest BCUT2D eigenvalue weighted by Gasteiger charge is -2.23. The third kappa shape index (κ3) is 3.07. The summed E-state index contributed by atoms with van der Waals surface area (Å²) in [6, 6.07) is 5.55. The molecule has 3 N–H and O–H groups in total. The van der Waals surface area contributed by atoms with Crippen molar-refractivity contribution in [1.82, 2.24) is 0 Å². The predicted octanol–water partition coefficient (Wildman–Crippen LogP) is 2.66. The van der Waals surface area contributed by atoms with E-state index in [0.29, 0.717) is 18.5 Å². The fourth-order valence-corrected chi connectivity index (χ4v) is 2.61. The Morgan fingerprint density at radius 1 is 1.40 bits per heavy atom. The number of aryl methyl sites for hydroxylation is 1. The number of nitrogens with two attached hydrogens (primary N) is 1. The number of anilines is 1. The van der Waals surface area contributed by atoms with E-state index in [1.165, 1.54) is 0 Å². The van der Waals surface area contributed by atoms with Gasteiger partial charge in [0.15, 0.2) is 5.78 Å². The highest BCUT2D eigenvalue weighted by Crippen LogP contribution is 2.25.